The van der Waals surface area contributed by atoms with Crippen molar-refractivity contribution >= 4 is 38.8 Å². The van der Waals surface area contributed by atoms with Gasteiger partial charge in [0.05, 0.1) is 5.04 Å². The van der Waals surface area contributed by atoms with Crippen molar-refractivity contribution < 1.29 is 0 Å². The summed E-state index contributed by atoms with van der Waals surface area (Å²) >= 11 is 5.26. The van der Waals surface area contributed by atoms with Gasteiger partial charge in [-0.1, -0.05) is 34.1 Å². The zero-order valence-electron chi connectivity index (χ0n) is 8.32. The maximum atomic E-state index is 4.45. The summed E-state index contributed by atoms with van der Waals surface area (Å²) in [6.45, 7) is 0.979. The molecule has 78 valence electrons. The number of aliphatic imine (C=N–C) groups is 1. The molecule has 1 nitrogen and oxygen atoms in total. The van der Waals surface area contributed by atoms with Crippen LogP contribution in [-0.4, -0.2) is 17.3 Å². The third kappa shape index (κ3) is 3.50. The van der Waals surface area contributed by atoms with Gasteiger partial charge in [0, 0.05) is 16.8 Å². The van der Waals surface area contributed by atoms with E-state index in [0.29, 0.717) is 0 Å². The van der Waals surface area contributed by atoms with Gasteiger partial charge in [0.1, 0.15) is 0 Å². The summed E-state index contributed by atoms with van der Waals surface area (Å²) in [6.07, 6.45) is 5.43. The molecule has 1 aromatic carbocycles. The number of thioether (sulfide) groups is 1. The second-order valence-electron chi connectivity index (χ2n) is 3.31. The highest BCUT2D eigenvalue weighted by Gasteiger charge is 2.01. The molecule has 0 bridgehead atoms. The van der Waals surface area contributed by atoms with E-state index < -0.39 is 0 Å². The van der Waals surface area contributed by atoms with Gasteiger partial charge in [0.15, 0.2) is 0 Å². The van der Waals surface area contributed by atoms with Crippen molar-refractivity contribution in [3.8, 4) is 0 Å². The largest absolute Gasteiger partial charge is 0.278 e. The molecule has 0 aliphatic carbocycles. The van der Waals surface area contributed by atoms with Crippen molar-refractivity contribution in [2.24, 2.45) is 4.99 Å². The van der Waals surface area contributed by atoms with Gasteiger partial charge < -0.3 is 0 Å². The smallest absolute Gasteiger partial charge is 0.0904 e. The fraction of sp³-hybridized carbons (Fsp3) is 0.250. The van der Waals surface area contributed by atoms with Crippen LogP contribution < -0.4 is 0 Å². The van der Waals surface area contributed by atoms with Crippen LogP contribution in [0.2, 0.25) is 0 Å². The fourth-order valence-electron chi connectivity index (χ4n) is 1.32. The van der Waals surface area contributed by atoms with Crippen LogP contribution in [0, 0.1) is 0 Å². The first-order valence-electron chi connectivity index (χ1n) is 4.95. The Hall–Kier alpha value is -0.540. The van der Waals surface area contributed by atoms with Gasteiger partial charge in [0.2, 0.25) is 0 Å². The Morgan fingerprint density at radius 3 is 2.67 bits per heavy atom. The Labute approximate surface area is 103 Å². The maximum absolute atomic E-state index is 4.45. The number of hydrogen-bond acceptors (Lipinski definition) is 2. The van der Waals surface area contributed by atoms with Crippen LogP contribution in [0.25, 0.3) is 6.08 Å². The van der Waals surface area contributed by atoms with Gasteiger partial charge in [-0.25, -0.2) is 0 Å². The van der Waals surface area contributed by atoms with Gasteiger partial charge >= 0.3 is 0 Å². The van der Waals surface area contributed by atoms with E-state index in [1.165, 1.54) is 17.7 Å². The third-order valence-electron chi connectivity index (χ3n) is 2.11. The Balaban J connectivity index is 2.04. The minimum Gasteiger partial charge on any atom is -0.278 e. The highest BCUT2D eigenvalue weighted by Crippen LogP contribution is 2.15. The van der Waals surface area contributed by atoms with Crippen LogP contribution in [0.5, 0.6) is 0 Å². The molecule has 3 heteroatoms. The van der Waals surface area contributed by atoms with Crippen LogP contribution in [0.15, 0.2) is 39.8 Å². The fourth-order valence-corrected chi connectivity index (χ4v) is 2.41. The molecule has 0 N–H and O–H groups in total. The van der Waals surface area contributed by atoms with Crippen LogP contribution >= 0.6 is 27.7 Å². The second kappa shape index (κ2) is 5.52. The van der Waals surface area contributed by atoms with Crippen molar-refractivity contribution in [2.75, 3.05) is 12.3 Å². The predicted octanol–water partition coefficient (Wildman–Crippen LogP) is 4.00. The maximum Gasteiger partial charge on any atom is 0.0904 e. The van der Waals surface area contributed by atoms with Crippen molar-refractivity contribution in [2.45, 2.75) is 6.42 Å². The number of nitrogens with zero attached hydrogens (tertiary/aromatic N) is 1. The summed E-state index contributed by atoms with van der Waals surface area (Å²) in [5.41, 5.74) is 1.21. The molecular formula is C12H12BrNS. The molecule has 0 radical (unpaired) electrons. The Kier molecular flexibility index (Phi) is 4.03. The van der Waals surface area contributed by atoms with Crippen molar-refractivity contribution in [1.82, 2.24) is 0 Å². The molecule has 0 atom stereocenters. The molecule has 0 saturated heterocycles. The molecule has 0 aromatic heterocycles. The molecule has 1 aliphatic rings. The molecule has 1 aliphatic heterocycles. The van der Waals surface area contributed by atoms with E-state index in [1.807, 2.05) is 11.8 Å². The second-order valence-corrected chi connectivity index (χ2v) is 5.34. The molecule has 1 aromatic rings. The van der Waals surface area contributed by atoms with Crippen molar-refractivity contribution in [3.63, 3.8) is 0 Å². The first-order valence-corrected chi connectivity index (χ1v) is 6.73. The Bertz CT molecular complexity index is 381. The van der Waals surface area contributed by atoms with E-state index in [1.54, 1.807) is 0 Å². The molecule has 0 saturated carbocycles. The first-order chi connectivity index (χ1) is 7.34. The number of halogens is 1. The van der Waals surface area contributed by atoms with E-state index in [4.69, 9.17) is 0 Å². The quantitative estimate of drug-likeness (QED) is 0.798. The lowest BCUT2D eigenvalue weighted by Crippen LogP contribution is -2.00. The van der Waals surface area contributed by atoms with Gasteiger partial charge in [-0.3, -0.25) is 4.99 Å². The van der Waals surface area contributed by atoms with Crippen LogP contribution in [-0.2, 0) is 0 Å². The van der Waals surface area contributed by atoms with E-state index in [2.05, 4.69) is 57.3 Å². The van der Waals surface area contributed by atoms with Crippen LogP contribution in [0.4, 0.5) is 0 Å². The summed E-state index contributed by atoms with van der Waals surface area (Å²) in [6, 6.07) is 8.29. The van der Waals surface area contributed by atoms with Gasteiger partial charge in [-0.2, -0.15) is 0 Å². The average molecular weight is 282 g/mol. The van der Waals surface area contributed by atoms with Crippen molar-refractivity contribution in [3.05, 3.63) is 40.4 Å². The van der Waals surface area contributed by atoms with E-state index in [9.17, 15) is 0 Å². The summed E-state index contributed by atoms with van der Waals surface area (Å²) in [5.74, 6) is 1.20. The molecule has 1 heterocycles. The average Bonchev–Trinajstić information content (AvgIpc) is 2.30. The molecular weight excluding hydrogens is 270 g/mol. The monoisotopic (exact) mass is 281 g/mol. The molecule has 0 fully saturated rings. The summed E-state index contributed by atoms with van der Waals surface area (Å²) < 4.78 is 1.11. The summed E-state index contributed by atoms with van der Waals surface area (Å²) in [7, 11) is 0. The molecule has 15 heavy (non-hydrogen) atoms. The zero-order valence-corrected chi connectivity index (χ0v) is 10.7. The van der Waals surface area contributed by atoms with Crippen molar-refractivity contribution in [1.29, 1.82) is 0 Å². The lowest BCUT2D eigenvalue weighted by atomic mass is 10.2. The molecule has 0 unspecified atom stereocenters. The molecule has 2 rings (SSSR count). The predicted molar refractivity (Wildman–Crippen MR) is 72.6 cm³/mol. The van der Waals surface area contributed by atoms with Crippen LogP contribution in [0.3, 0.4) is 0 Å². The molecule has 0 spiro atoms. The summed E-state index contributed by atoms with van der Waals surface area (Å²) in [5, 5.41) is 1.16. The Morgan fingerprint density at radius 1 is 1.20 bits per heavy atom. The lowest BCUT2D eigenvalue weighted by Gasteiger charge is -2.06. The lowest BCUT2D eigenvalue weighted by molar-refractivity contribution is 0.940. The first kappa shape index (κ1) is 11.0. The van der Waals surface area contributed by atoms with Gasteiger partial charge in [-0.15, -0.1) is 11.8 Å². The minimum atomic E-state index is 0.979. The topological polar surface area (TPSA) is 12.4 Å². The minimum absolute atomic E-state index is 0.979. The SMILES string of the molecule is Brc1ccc(/C=C/C2=NCCCS2)cc1. The van der Waals surface area contributed by atoms with E-state index >= 15 is 0 Å². The van der Waals surface area contributed by atoms with Gasteiger partial charge in [-0.05, 0) is 30.2 Å². The number of hydrogen-bond donors (Lipinski definition) is 0. The highest BCUT2D eigenvalue weighted by atomic mass is 79.9. The van der Waals surface area contributed by atoms with E-state index in [0.717, 1.165) is 16.1 Å². The number of benzene rings is 1. The summed E-state index contributed by atoms with van der Waals surface area (Å²) in [4.78, 5) is 4.45. The van der Waals surface area contributed by atoms with Gasteiger partial charge in [0.25, 0.3) is 0 Å². The van der Waals surface area contributed by atoms with Crippen LogP contribution in [0.1, 0.15) is 12.0 Å². The molecule has 0 amide bonds. The zero-order chi connectivity index (χ0) is 10.5. The third-order valence-corrected chi connectivity index (χ3v) is 3.69. The normalized spacial score (nSPS) is 16.7. The van der Waals surface area contributed by atoms with E-state index in [-0.39, 0.29) is 0 Å². The Morgan fingerprint density at radius 2 is 2.00 bits per heavy atom. The highest BCUT2D eigenvalue weighted by molar-refractivity contribution is 9.10. The number of rotatable bonds is 2. The standard InChI is InChI=1S/C12H12BrNS/c13-11-5-2-10(3-6-11)4-7-12-14-8-1-9-15-12/h2-7H,1,8-9H2/b7-4+.